The molecule has 1 aromatic heterocycles. The zero-order valence-corrected chi connectivity index (χ0v) is 16.6. The van der Waals surface area contributed by atoms with Gasteiger partial charge >= 0.3 is 0 Å². The van der Waals surface area contributed by atoms with Gasteiger partial charge in [-0.15, -0.1) is 11.3 Å². The summed E-state index contributed by atoms with van der Waals surface area (Å²) in [4.78, 5) is 13.7. The lowest BCUT2D eigenvalue weighted by Gasteiger charge is -2.09. The fourth-order valence-electron chi connectivity index (χ4n) is 2.85. The highest BCUT2D eigenvalue weighted by Gasteiger charge is 2.13. The minimum atomic E-state index is -0.287. The summed E-state index contributed by atoms with van der Waals surface area (Å²) >= 11 is 3.74. The summed E-state index contributed by atoms with van der Waals surface area (Å²) in [7, 11) is 0. The van der Waals surface area contributed by atoms with Crippen molar-refractivity contribution in [3.63, 3.8) is 0 Å². The van der Waals surface area contributed by atoms with E-state index in [-0.39, 0.29) is 23.0 Å². The first kappa shape index (κ1) is 19.6. The summed E-state index contributed by atoms with van der Waals surface area (Å²) in [6.45, 7) is 0.589. The first-order chi connectivity index (χ1) is 13.1. The number of carbonyl (C=O) groups excluding carboxylic acids is 1. The third kappa shape index (κ3) is 5.40. The molecule has 0 saturated heterocycles. The number of thioether (sulfide) groups is 1. The highest BCUT2D eigenvalue weighted by Crippen LogP contribution is 2.30. The van der Waals surface area contributed by atoms with E-state index in [0.29, 0.717) is 11.9 Å². The molecule has 0 aliphatic heterocycles. The van der Waals surface area contributed by atoms with Gasteiger partial charge in [0.05, 0.1) is 5.56 Å². The largest absolute Gasteiger partial charge is 0.507 e. The third-order valence-corrected chi connectivity index (χ3v) is 6.45. The van der Waals surface area contributed by atoms with Crippen LogP contribution in [0.3, 0.4) is 0 Å². The second-order valence-electron chi connectivity index (χ2n) is 6.32. The molecule has 3 N–H and O–H groups in total. The second kappa shape index (κ2) is 9.67. The molecule has 0 spiro atoms. The molecule has 0 aliphatic rings. The van der Waals surface area contributed by atoms with Crippen molar-refractivity contribution in [2.45, 2.75) is 25.0 Å². The normalized spacial score (nSPS) is 11.0. The Morgan fingerprint density at radius 1 is 1.04 bits per heavy atom. The molecule has 3 rings (SSSR count). The molecule has 4 nitrogen and oxygen atoms in total. The molecule has 0 unspecified atom stereocenters. The zero-order valence-electron chi connectivity index (χ0n) is 15.0. The molecule has 0 fully saturated rings. The first-order valence-electron chi connectivity index (χ1n) is 8.98. The first-order valence-corrected chi connectivity index (χ1v) is 11.0. The van der Waals surface area contributed by atoms with Gasteiger partial charge < -0.3 is 15.5 Å². The number of hydrogen-bond acceptors (Lipinski definition) is 5. The SMILES string of the molecule is O=C(NCCCCCSCc1cccs1)c1cc2cccc(O)c2cc1O. The van der Waals surface area contributed by atoms with Crippen molar-refractivity contribution in [2.24, 2.45) is 0 Å². The molecule has 0 atom stereocenters. The van der Waals surface area contributed by atoms with Crippen LogP contribution in [0.2, 0.25) is 0 Å². The zero-order chi connectivity index (χ0) is 19.1. The summed E-state index contributed by atoms with van der Waals surface area (Å²) in [5.41, 5.74) is 0.236. The molecule has 0 radical (unpaired) electrons. The van der Waals surface area contributed by atoms with Crippen LogP contribution in [0.25, 0.3) is 10.8 Å². The number of fused-ring (bicyclic) bond motifs is 1. The average Bonchev–Trinajstić information content (AvgIpc) is 3.17. The fourth-order valence-corrected chi connectivity index (χ4v) is 4.71. The van der Waals surface area contributed by atoms with Crippen LogP contribution >= 0.6 is 23.1 Å². The van der Waals surface area contributed by atoms with Crippen molar-refractivity contribution in [1.82, 2.24) is 5.32 Å². The van der Waals surface area contributed by atoms with Crippen molar-refractivity contribution in [3.05, 3.63) is 58.3 Å². The predicted molar refractivity (Wildman–Crippen MR) is 114 cm³/mol. The minimum absolute atomic E-state index is 0.0895. The van der Waals surface area contributed by atoms with E-state index in [2.05, 4.69) is 22.8 Å². The van der Waals surface area contributed by atoms with E-state index in [9.17, 15) is 15.0 Å². The van der Waals surface area contributed by atoms with Crippen LogP contribution in [0.15, 0.2) is 47.8 Å². The standard InChI is InChI=1S/C21H23NO3S2/c23-19-8-4-6-15-12-18(20(24)13-17(15)19)21(25)22-9-2-1-3-10-26-14-16-7-5-11-27-16/h4-8,11-13,23-24H,1-3,9-10,14H2,(H,22,25). The molecule has 0 bridgehead atoms. The molecule has 3 aromatic rings. The Kier molecular flexibility index (Phi) is 7.01. The number of rotatable bonds is 9. The number of phenolic OH excluding ortho intramolecular Hbond substituents is 2. The quantitative estimate of drug-likeness (QED) is 0.434. The van der Waals surface area contributed by atoms with Gasteiger partial charge in [0.15, 0.2) is 0 Å². The van der Waals surface area contributed by atoms with E-state index in [1.807, 2.05) is 11.8 Å². The van der Waals surface area contributed by atoms with Gasteiger partial charge in [0.1, 0.15) is 11.5 Å². The Bertz CT molecular complexity index is 894. The third-order valence-electron chi connectivity index (χ3n) is 4.29. The van der Waals surface area contributed by atoms with Crippen molar-refractivity contribution in [1.29, 1.82) is 0 Å². The lowest BCUT2D eigenvalue weighted by molar-refractivity contribution is 0.0950. The summed E-state index contributed by atoms with van der Waals surface area (Å²) in [5.74, 6) is 1.88. The number of benzene rings is 2. The molecular formula is C21H23NO3S2. The molecule has 27 heavy (non-hydrogen) atoms. The molecule has 2 aromatic carbocycles. The minimum Gasteiger partial charge on any atom is -0.507 e. The van der Waals surface area contributed by atoms with Crippen molar-refractivity contribution in [2.75, 3.05) is 12.3 Å². The monoisotopic (exact) mass is 401 g/mol. The van der Waals surface area contributed by atoms with E-state index in [1.165, 1.54) is 10.9 Å². The van der Waals surface area contributed by atoms with E-state index >= 15 is 0 Å². The highest BCUT2D eigenvalue weighted by atomic mass is 32.2. The van der Waals surface area contributed by atoms with E-state index in [1.54, 1.807) is 35.6 Å². The number of aromatic hydroxyl groups is 2. The second-order valence-corrected chi connectivity index (χ2v) is 8.45. The molecular weight excluding hydrogens is 378 g/mol. The molecule has 0 saturated carbocycles. The Morgan fingerprint density at radius 3 is 2.74 bits per heavy atom. The lowest BCUT2D eigenvalue weighted by Crippen LogP contribution is -2.24. The van der Waals surface area contributed by atoms with E-state index < -0.39 is 0 Å². The van der Waals surface area contributed by atoms with Crippen molar-refractivity contribution >= 4 is 39.8 Å². The van der Waals surface area contributed by atoms with Crippen molar-refractivity contribution in [3.8, 4) is 11.5 Å². The predicted octanol–water partition coefficient (Wildman–Crippen LogP) is 5.15. The fraction of sp³-hybridized carbons (Fsp3) is 0.286. The molecule has 142 valence electrons. The average molecular weight is 402 g/mol. The van der Waals surface area contributed by atoms with Gasteiger partial charge in [0.25, 0.3) is 5.91 Å². The lowest BCUT2D eigenvalue weighted by atomic mass is 10.0. The van der Waals surface area contributed by atoms with Crippen LogP contribution in [-0.2, 0) is 5.75 Å². The van der Waals surface area contributed by atoms with Crippen LogP contribution in [0, 0.1) is 0 Å². The van der Waals surface area contributed by atoms with Gasteiger partial charge in [0.2, 0.25) is 0 Å². The number of unbranched alkanes of at least 4 members (excludes halogenated alkanes) is 2. The van der Waals surface area contributed by atoms with Crippen molar-refractivity contribution < 1.29 is 15.0 Å². The molecule has 0 aliphatic carbocycles. The van der Waals surface area contributed by atoms with Gasteiger partial charge in [0, 0.05) is 22.6 Å². The topological polar surface area (TPSA) is 69.6 Å². The summed E-state index contributed by atoms with van der Waals surface area (Å²) < 4.78 is 0. The maximum Gasteiger partial charge on any atom is 0.255 e. The van der Waals surface area contributed by atoms with Crippen LogP contribution in [0.5, 0.6) is 11.5 Å². The Balaban J connectivity index is 1.39. The molecule has 1 heterocycles. The number of amides is 1. The summed E-state index contributed by atoms with van der Waals surface area (Å²) in [6, 6.07) is 12.4. The highest BCUT2D eigenvalue weighted by molar-refractivity contribution is 7.98. The van der Waals surface area contributed by atoms with Gasteiger partial charge in [-0.25, -0.2) is 0 Å². The molecule has 6 heteroatoms. The van der Waals surface area contributed by atoms with Gasteiger partial charge in [-0.1, -0.05) is 24.6 Å². The number of carbonyl (C=O) groups is 1. The number of nitrogens with one attached hydrogen (secondary N) is 1. The van der Waals surface area contributed by atoms with Crippen LogP contribution in [0.4, 0.5) is 0 Å². The Morgan fingerprint density at radius 2 is 1.93 bits per heavy atom. The number of phenols is 2. The van der Waals surface area contributed by atoms with Gasteiger partial charge in [-0.3, -0.25) is 4.79 Å². The maximum atomic E-state index is 12.3. The van der Waals surface area contributed by atoms with Crippen LogP contribution in [-0.4, -0.2) is 28.4 Å². The summed E-state index contributed by atoms with van der Waals surface area (Å²) in [6.07, 6.45) is 3.11. The smallest absolute Gasteiger partial charge is 0.255 e. The van der Waals surface area contributed by atoms with Gasteiger partial charge in [-0.2, -0.15) is 11.8 Å². The van der Waals surface area contributed by atoms with Gasteiger partial charge in [-0.05, 0) is 53.6 Å². The summed E-state index contributed by atoms with van der Waals surface area (Å²) in [5, 5.41) is 26.2. The number of hydrogen-bond donors (Lipinski definition) is 3. The molecule has 1 amide bonds. The Labute approximate surface area is 167 Å². The van der Waals surface area contributed by atoms with E-state index in [4.69, 9.17) is 0 Å². The maximum absolute atomic E-state index is 12.3. The van der Waals surface area contributed by atoms with Crippen LogP contribution < -0.4 is 5.32 Å². The van der Waals surface area contributed by atoms with Crippen LogP contribution in [0.1, 0.15) is 34.5 Å². The van der Waals surface area contributed by atoms with E-state index in [0.717, 1.165) is 36.2 Å². The Hall–Kier alpha value is -2.18. The number of thiophene rings is 1.